The van der Waals surface area contributed by atoms with Gasteiger partial charge in [0.15, 0.2) is 0 Å². The van der Waals surface area contributed by atoms with E-state index in [1.165, 1.54) is 7.11 Å². The third-order valence-electron chi connectivity index (χ3n) is 4.11. The molecule has 0 saturated heterocycles. The lowest BCUT2D eigenvalue weighted by Crippen LogP contribution is -2.41. The fourth-order valence-electron chi connectivity index (χ4n) is 2.79. The zero-order valence-corrected chi connectivity index (χ0v) is 14.4. The molecule has 1 atom stereocenters. The maximum atomic E-state index is 12.7. The Bertz CT molecular complexity index is 646. The molecule has 0 bridgehead atoms. The van der Waals surface area contributed by atoms with Crippen LogP contribution in [0.5, 0.6) is 0 Å². The molecule has 0 aliphatic heterocycles. The average Bonchev–Trinajstić information content (AvgIpc) is 2.92. The minimum absolute atomic E-state index is 0.0575. The highest BCUT2D eigenvalue weighted by Crippen LogP contribution is 2.38. The van der Waals surface area contributed by atoms with Crippen molar-refractivity contribution in [2.45, 2.75) is 51.0 Å². The number of carbonyl (C=O) groups excluding carboxylic acids is 1. The Labute approximate surface area is 129 Å². The molecule has 1 aliphatic carbocycles. The number of hydrogen-bond donors (Lipinski definition) is 1. The van der Waals surface area contributed by atoms with Crippen LogP contribution >= 0.6 is 11.3 Å². The van der Waals surface area contributed by atoms with Gasteiger partial charge in [-0.1, -0.05) is 20.3 Å². The Balaban J connectivity index is 2.37. The first-order chi connectivity index (χ1) is 9.69. The predicted octanol–water partition coefficient (Wildman–Crippen LogP) is 2.70. The van der Waals surface area contributed by atoms with Crippen molar-refractivity contribution in [1.82, 2.24) is 4.72 Å². The summed E-state index contributed by atoms with van der Waals surface area (Å²) in [5.41, 5.74) is 0.506. The fraction of sp³-hybridized carbons (Fsp3) is 0.643. The topological polar surface area (TPSA) is 72.5 Å². The van der Waals surface area contributed by atoms with E-state index in [-0.39, 0.29) is 21.2 Å². The summed E-state index contributed by atoms with van der Waals surface area (Å²) in [7, 11) is -2.48. The van der Waals surface area contributed by atoms with Crippen molar-refractivity contribution in [2.75, 3.05) is 7.11 Å². The van der Waals surface area contributed by atoms with Crippen molar-refractivity contribution in [3.05, 3.63) is 15.8 Å². The van der Waals surface area contributed by atoms with E-state index in [0.29, 0.717) is 5.56 Å². The van der Waals surface area contributed by atoms with Gasteiger partial charge in [0.05, 0.1) is 7.11 Å². The van der Waals surface area contributed by atoms with Gasteiger partial charge < -0.3 is 4.74 Å². The van der Waals surface area contributed by atoms with Crippen LogP contribution in [0.2, 0.25) is 0 Å². The number of sulfonamides is 1. The molecule has 1 saturated carbocycles. The van der Waals surface area contributed by atoms with Crippen LogP contribution in [0.4, 0.5) is 0 Å². The van der Waals surface area contributed by atoms with Gasteiger partial charge >= 0.3 is 5.97 Å². The Hall–Kier alpha value is -0.920. The Morgan fingerprint density at radius 2 is 2.14 bits per heavy atom. The number of methoxy groups -OCH3 is 1. The minimum Gasteiger partial charge on any atom is -0.465 e. The summed E-state index contributed by atoms with van der Waals surface area (Å²) >= 11 is 1.10. The van der Waals surface area contributed by atoms with E-state index in [2.05, 4.69) is 23.3 Å². The zero-order chi connectivity index (χ0) is 15.8. The van der Waals surface area contributed by atoms with Gasteiger partial charge in [-0.15, -0.1) is 11.3 Å². The van der Waals surface area contributed by atoms with Gasteiger partial charge in [0.25, 0.3) is 0 Å². The van der Waals surface area contributed by atoms with E-state index in [1.807, 2.05) is 0 Å². The summed E-state index contributed by atoms with van der Waals surface area (Å²) in [5, 5.41) is 1.67. The quantitative estimate of drug-likeness (QED) is 0.861. The van der Waals surface area contributed by atoms with Crippen LogP contribution in [0.15, 0.2) is 10.3 Å². The van der Waals surface area contributed by atoms with Crippen molar-refractivity contribution in [3.8, 4) is 0 Å². The third-order valence-corrected chi connectivity index (χ3v) is 6.98. The first-order valence-electron chi connectivity index (χ1n) is 6.88. The summed E-state index contributed by atoms with van der Waals surface area (Å²) in [6, 6.07) is -0.104. The van der Waals surface area contributed by atoms with E-state index in [0.717, 1.165) is 30.6 Å². The van der Waals surface area contributed by atoms with Crippen LogP contribution in [-0.4, -0.2) is 27.5 Å². The second kappa shape index (κ2) is 5.70. The Kier molecular flexibility index (Phi) is 4.46. The molecule has 0 radical (unpaired) electrons. The smallest absolute Gasteiger partial charge is 0.349 e. The lowest BCUT2D eigenvalue weighted by atomic mass is 9.88. The molecule has 1 heterocycles. The maximum Gasteiger partial charge on any atom is 0.349 e. The highest BCUT2D eigenvalue weighted by Gasteiger charge is 2.38. The van der Waals surface area contributed by atoms with Crippen molar-refractivity contribution in [3.63, 3.8) is 0 Å². The standard InChI is InChI=1S/C14H21NO4S2/c1-9-8-20-11(13(16)19-4)12(9)21(17,18)15-10-6-5-7-14(10,2)3/h8,10,15H,5-7H2,1-4H3. The maximum absolute atomic E-state index is 12.7. The molecule has 2 rings (SSSR count). The summed E-state index contributed by atoms with van der Waals surface area (Å²) in [5.74, 6) is -0.612. The van der Waals surface area contributed by atoms with E-state index >= 15 is 0 Å². The SMILES string of the molecule is COC(=O)c1scc(C)c1S(=O)(=O)NC1CCCC1(C)C. The second-order valence-electron chi connectivity index (χ2n) is 6.12. The van der Waals surface area contributed by atoms with Gasteiger partial charge in [0.2, 0.25) is 10.0 Å². The van der Waals surface area contributed by atoms with Gasteiger partial charge in [0, 0.05) is 6.04 Å². The Morgan fingerprint density at radius 3 is 2.67 bits per heavy atom. The summed E-state index contributed by atoms with van der Waals surface area (Å²) in [6.07, 6.45) is 2.82. The molecular weight excluding hydrogens is 310 g/mol. The van der Waals surface area contributed by atoms with Gasteiger partial charge in [0.1, 0.15) is 9.77 Å². The van der Waals surface area contributed by atoms with Gasteiger partial charge in [-0.2, -0.15) is 0 Å². The van der Waals surface area contributed by atoms with E-state index in [4.69, 9.17) is 0 Å². The van der Waals surface area contributed by atoms with Crippen LogP contribution < -0.4 is 4.72 Å². The van der Waals surface area contributed by atoms with Crippen LogP contribution in [-0.2, 0) is 14.8 Å². The molecule has 1 N–H and O–H groups in total. The molecule has 0 spiro atoms. The average molecular weight is 331 g/mol. The number of ether oxygens (including phenoxy) is 1. The highest BCUT2D eigenvalue weighted by atomic mass is 32.2. The van der Waals surface area contributed by atoms with Gasteiger partial charge in [-0.25, -0.2) is 17.9 Å². The molecule has 7 heteroatoms. The minimum atomic E-state index is -3.73. The van der Waals surface area contributed by atoms with Crippen molar-refractivity contribution < 1.29 is 17.9 Å². The lowest BCUT2D eigenvalue weighted by Gasteiger charge is -2.27. The van der Waals surface area contributed by atoms with Crippen LogP contribution in [0.1, 0.15) is 48.3 Å². The van der Waals surface area contributed by atoms with Crippen LogP contribution in [0.25, 0.3) is 0 Å². The van der Waals surface area contributed by atoms with Gasteiger partial charge in [-0.05, 0) is 36.1 Å². The molecule has 21 heavy (non-hydrogen) atoms. The summed E-state index contributed by atoms with van der Waals surface area (Å²) < 4.78 is 32.8. The van der Waals surface area contributed by atoms with Crippen LogP contribution in [0, 0.1) is 12.3 Å². The van der Waals surface area contributed by atoms with E-state index < -0.39 is 16.0 Å². The molecule has 1 aliphatic rings. The first-order valence-corrected chi connectivity index (χ1v) is 9.24. The normalized spacial score (nSPS) is 21.4. The molecule has 0 aromatic carbocycles. The monoisotopic (exact) mass is 331 g/mol. The van der Waals surface area contributed by atoms with Crippen molar-refractivity contribution >= 4 is 27.3 Å². The largest absolute Gasteiger partial charge is 0.465 e. The highest BCUT2D eigenvalue weighted by molar-refractivity contribution is 7.89. The lowest BCUT2D eigenvalue weighted by molar-refractivity contribution is 0.0602. The van der Waals surface area contributed by atoms with Gasteiger partial charge in [-0.3, -0.25) is 0 Å². The molecule has 1 aromatic rings. The fourth-order valence-corrected chi connectivity index (χ4v) is 5.94. The number of aryl methyl sites for hydroxylation is 1. The molecule has 118 valence electrons. The zero-order valence-electron chi connectivity index (χ0n) is 12.7. The molecule has 1 aromatic heterocycles. The number of nitrogens with one attached hydrogen (secondary N) is 1. The number of rotatable bonds is 4. The number of thiophene rings is 1. The van der Waals surface area contributed by atoms with E-state index in [9.17, 15) is 13.2 Å². The van der Waals surface area contributed by atoms with Crippen molar-refractivity contribution in [1.29, 1.82) is 0 Å². The third kappa shape index (κ3) is 3.14. The van der Waals surface area contributed by atoms with E-state index in [1.54, 1.807) is 12.3 Å². The number of hydrogen-bond acceptors (Lipinski definition) is 5. The molecule has 0 amide bonds. The first kappa shape index (κ1) is 16.5. The number of esters is 1. The molecule has 1 fully saturated rings. The number of carbonyl (C=O) groups is 1. The predicted molar refractivity (Wildman–Crippen MR) is 82.1 cm³/mol. The van der Waals surface area contributed by atoms with Crippen molar-refractivity contribution in [2.24, 2.45) is 5.41 Å². The summed E-state index contributed by atoms with van der Waals surface area (Å²) in [6.45, 7) is 5.82. The molecule has 5 nitrogen and oxygen atoms in total. The Morgan fingerprint density at radius 1 is 1.48 bits per heavy atom. The molecular formula is C14H21NO4S2. The molecule has 1 unspecified atom stereocenters. The van der Waals surface area contributed by atoms with Crippen LogP contribution in [0.3, 0.4) is 0 Å². The second-order valence-corrected chi connectivity index (χ2v) is 8.65. The summed E-state index contributed by atoms with van der Waals surface area (Å²) in [4.78, 5) is 11.9.